The van der Waals surface area contributed by atoms with Gasteiger partial charge in [0.25, 0.3) is 5.78 Å². The second-order valence-corrected chi connectivity index (χ2v) is 6.58. The predicted octanol–water partition coefficient (Wildman–Crippen LogP) is 4.45. The lowest BCUT2D eigenvalue weighted by molar-refractivity contribution is -0.146. The van der Waals surface area contributed by atoms with Crippen LogP contribution < -0.4 is 4.90 Å². The van der Waals surface area contributed by atoms with Crippen LogP contribution in [0.3, 0.4) is 0 Å². The van der Waals surface area contributed by atoms with E-state index in [1.807, 2.05) is 66.7 Å². The minimum Gasteiger partial charge on any atom is -0.507 e. The Morgan fingerprint density at radius 2 is 1.31 bits per heavy atom. The Hall–Kier alpha value is -3.86. The van der Waals surface area contributed by atoms with Crippen molar-refractivity contribution >= 4 is 23.2 Å². The SMILES string of the molecule is O=C(O)C(=O)/C=C(\O)c1cccc(N(Cc2ccccc2)Cc2ccccc2)c1. The van der Waals surface area contributed by atoms with E-state index in [0.29, 0.717) is 18.7 Å². The molecule has 146 valence electrons. The van der Waals surface area contributed by atoms with Gasteiger partial charge in [0, 0.05) is 30.4 Å². The molecule has 29 heavy (non-hydrogen) atoms. The highest BCUT2D eigenvalue weighted by atomic mass is 16.4. The van der Waals surface area contributed by atoms with Crippen LogP contribution in [0.25, 0.3) is 5.76 Å². The maximum absolute atomic E-state index is 11.4. The van der Waals surface area contributed by atoms with Gasteiger partial charge >= 0.3 is 5.97 Å². The molecule has 2 N–H and O–H groups in total. The van der Waals surface area contributed by atoms with Crippen molar-refractivity contribution in [2.75, 3.05) is 4.90 Å². The van der Waals surface area contributed by atoms with Crippen LogP contribution >= 0.6 is 0 Å². The summed E-state index contributed by atoms with van der Waals surface area (Å²) in [7, 11) is 0. The maximum atomic E-state index is 11.4. The van der Waals surface area contributed by atoms with Crippen molar-refractivity contribution in [1.29, 1.82) is 0 Å². The third kappa shape index (κ3) is 5.56. The van der Waals surface area contributed by atoms with Gasteiger partial charge < -0.3 is 15.1 Å². The number of carboxylic acid groups (broad SMARTS) is 1. The van der Waals surface area contributed by atoms with Gasteiger partial charge in [-0.1, -0.05) is 72.8 Å². The van der Waals surface area contributed by atoms with Gasteiger partial charge in [-0.2, -0.15) is 0 Å². The third-order valence-electron chi connectivity index (χ3n) is 4.42. The Labute approximate surface area is 169 Å². The minimum absolute atomic E-state index is 0.376. The summed E-state index contributed by atoms with van der Waals surface area (Å²) in [6.45, 7) is 1.30. The van der Waals surface area contributed by atoms with Gasteiger partial charge in [0.1, 0.15) is 5.76 Å². The lowest BCUT2D eigenvalue weighted by Crippen LogP contribution is -2.22. The molecule has 0 aliphatic heterocycles. The number of carbonyl (C=O) groups is 2. The Bertz CT molecular complexity index is 972. The lowest BCUT2D eigenvalue weighted by atomic mass is 10.1. The van der Waals surface area contributed by atoms with E-state index < -0.39 is 11.8 Å². The summed E-state index contributed by atoms with van der Waals surface area (Å²) in [4.78, 5) is 24.3. The van der Waals surface area contributed by atoms with Crippen molar-refractivity contribution in [3.05, 3.63) is 108 Å². The Kier molecular flexibility index (Phi) is 6.43. The number of aliphatic hydroxyl groups excluding tert-OH is 1. The van der Waals surface area contributed by atoms with Crippen LogP contribution in [0.4, 0.5) is 5.69 Å². The molecule has 0 bridgehead atoms. The number of hydrogen-bond acceptors (Lipinski definition) is 4. The van der Waals surface area contributed by atoms with E-state index in [9.17, 15) is 14.7 Å². The monoisotopic (exact) mass is 387 g/mol. The molecule has 0 fully saturated rings. The number of aliphatic hydroxyl groups is 1. The van der Waals surface area contributed by atoms with Crippen molar-refractivity contribution in [1.82, 2.24) is 0 Å². The zero-order valence-corrected chi connectivity index (χ0v) is 15.7. The van der Waals surface area contributed by atoms with Crippen molar-refractivity contribution in [3.63, 3.8) is 0 Å². The van der Waals surface area contributed by atoms with E-state index in [1.54, 1.807) is 18.2 Å². The van der Waals surface area contributed by atoms with Crippen LogP contribution in [-0.4, -0.2) is 22.0 Å². The number of rotatable bonds is 8. The molecule has 0 saturated carbocycles. The Balaban J connectivity index is 1.92. The molecule has 3 rings (SSSR count). The highest BCUT2D eigenvalue weighted by Gasteiger charge is 2.13. The number of anilines is 1. The smallest absolute Gasteiger partial charge is 0.376 e. The van der Waals surface area contributed by atoms with Crippen LogP contribution in [0.15, 0.2) is 91.0 Å². The van der Waals surface area contributed by atoms with Crippen LogP contribution in [0.2, 0.25) is 0 Å². The first-order valence-electron chi connectivity index (χ1n) is 9.14. The van der Waals surface area contributed by atoms with Crippen molar-refractivity contribution in [2.45, 2.75) is 13.1 Å². The van der Waals surface area contributed by atoms with Crippen LogP contribution in [0, 0.1) is 0 Å². The molecule has 0 radical (unpaired) electrons. The summed E-state index contributed by atoms with van der Waals surface area (Å²) in [6, 6.07) is 27.1. The number of aliphatic carboxylic acids is 1. The van der Waals surface area contributed by atoms with Gasteiger partial charge in [0.2, 0.25) is 0 Å². The molecule has 3 aromatic rings. The second kappa shape index (κ2) is 9.37. The van der Waals surface area contributed by atoms with Gasteiger partial charge in [-0.25, -0.2) is 4.79 Å². The average Bonchev–Trinajstić information content (AvgIpc) is 2.74. The van der Waals surface area contributed by atoms with Crippen LogP contribution in [0.5, 0.6) is 0 Å². The van der Waals surface area contributed by atoms with Gasteiger partial charge in [0.15, 0.2) is 0 Å². The van der Waals surface area contributed by atoms with Gasteiger partial charge in [-0.05, 0) is 23.3 Å². The topological polar surface area (TPSA) is 77.8 Å². The predicted molar refractivity (Wildman–Crippen MR) is 112 cm³/mol. The highest BCUT2D eigenvalue weighted by Crippen LogP contribution is 2.24. The molecule has 0 aliphatic rings. The molecule has 0 heterocycles. The van der Waals surface area contributed by atoms with E-state index in [0.717, 1.165) is 22.9 Å². The summed E-state index contributed by atoms with van der Waals surface area (Å²) in [5, 5.41) is 18.9. The summed E-state index contributed by atoms with van der Waals surface area (Å²) < 4.78 is 0. The van der Waals surface area contributed by atoms with Crippen molar-refractivity contribution < 1.29 is 19.8 Å². The molecule has 5 heteroatoms. The molecular formula is C24H21NO4. The number of carboxylic acids is 1. The second-order valence-electron chi connectivity index (χ2n) is 6.58. The first-order valence-corrected chi connectivity index (χ1v) is 9.14. The summed E-state index contributed by atoms with van der Waals surface area (Å²) in [5.74, 6) is -3.15. The number of carbonyl (C=O) groups excluding carboxylic acids is 1. The van der Waals surface area contributed by atoms with E-state index in [2.05, 4.69) is 4.90 Å². The largest absolute Gasteiger partial charge is 0.507 e. The minimum atomic E-state index is -1.61. The van der Waals surface area contributed by atoms with Crippen molar-refractivity contribution in [3.8, 4) is 0 Å². The third-order valence-corrected chi connectivity index (χ3v) is 4.42. The molecule has 0 aromatic heterocycles. The molecule has 0 amide bonds. The van der Waals surface area contributed by atoms with Gasteiger partial charge in [-0.15, -0.1) is 0 Å². The molecular weight excluding hydrogens is 366 g/mol. The molecule has 3 aromatic carbocycles. The fourth-order valence-corrected chi connectivity index (χ4v) is 2.98. The first-order chi connectivity index (χ1) is 14.0. The quantitative estimate of drug-likeness (QED) is 0.339. The van der Waals surface area contributed by atoms with Gasteiger partial charge in [-0.3, -0.25) is 4.79 Å². The van der Waals surface area contributed by atoms with Crippen LogP contribution in [-0.2, 0) is 22.7 Å². The van der Waals surface area contributed by atoms with Crippen LogP contribution in [0.1, 0.15) is 16.7 Å². The lowest BCUT2D eigenvalue weighted by Gasteiger charge is -2.26. The number of benzene rings is 3. The molecule has 0 saturated heterocycles. The fourth-order valence-electron chi connectivity index (χ4n) is 2.98. The van der Waals surface area contributed by atoms with E-state index >= 15 is 0 Å². The Morgan fingerprint density at radius 3 is 1.83 bits per heavy atom. The molecule has 0 aliphatic carbocycles. The van der Waals surface area contributed by atoms with Gasteiger partial charge in [0.05, 0.1) is 0 Å². The van der Waals surface area contributed by atoms with Crippen molar-refractivity contribution in [2.24, 2.45) is 0 Å². The normalized spacial score (nSPS) is 11.1. The highest BCUT2D eigenvalue weighted by molar-refractivity contribution is 6.38. The molecule has 0 spiro atoms. The molecule has 0 atom stereocenters. The maximum Gasteiger partial charge on any atom is 0.376 e. The summed E-state index contributed by atoms with van der Waals surface area (Å²) in [6.07, 6.45) is 0.722. The first kappa shape index (κ1) is 19.9. The summed E-state index contributed by atoms with van der Waals surface area (Å²) in [5.41, 5.74) is 3.49. The molecule has 0 unspecified atom stereocenters. The fraction of sp³-hybridized carbons (Fsp3) is 0.0833. The molecule has 5 nitrogen and oxygen atoms in total. The van der Waals surface area contributed by atoms with E-state index in [1.165, 1.54) is 0 Å². The van der Waals surface area contributed by atoms with E-state index in [4.69, 9.17) is 5.11 Å². The number of hydrogen-bond donors (Lipinski definition) is 2. The summed E-state index contributed by atoms with van der Waals surface area (Å²) >= 11 is 0. The number of nitrogens with zero attached hydrogens (tertiary/aromatic N) is 1. The average molecular weight is 387 g/mol. The van der Waals surface area contributed by atoms with E-state index in [-0.39, 0.29) is 5.76 Å². The number of ketones is 1. The zero-order valence-electron chi connectivity index (χ0n) is 15.7. The standard InChI is InChI=1S/C24H21NO4/c26-22(15-23(27)24(28)29)20-12-7-13-21(14-20)25(16-18-8-3-1-4-9-18)17-19-10-5-2-6-11-19/h1-15,26H,16-17H2,(H,28,29)/b22-15-. The zero-order chi connectivity index (χ0) is 20.6. The Morgan fingerprint density at radius 1 is 0.759 bits per heavy atom.